The number of imidazole rings is 1. The normalized spacial score (nSPS) is 13.8. The van der Waals surface area contributed by atoms with E-state index in [0.29, 0.717) is 39.4 Å². The van der Waals surface area contributed by atoms with Crippen LogP contribution >= 0.6 is 0 Å². The van der Waals surface area contributed by atoms with E-state index in [1.54, 1.807) is 37.2 Å². The van der Waals surface area contributed by atoms with Crippen molar-refractivity contribution in [1.29, 1.82) is 0 Å². The van der Waals surface area contributed by atoms with Crippen molar-refractivity contribution in [2.75, 3.05) is 5.32 Å². The Morgan fingerprint density at radius 1 is 1.11 bits per heavy atom. The lowest BCUT2D eigenvalue weighted by Crippen LogP contribution is -2.28. The number of aromatic amines is 2. The van der Waals surface area contributed by atoms with Crippen LogP contribution < -0.4 is 5.32 Å². The van der Waals surface area contributed by atoms with Gasteiger partial charge in [-0.25, -0.2) is 14.4 Å². The summed E-state index contributed by atoms with van der Waals surface area (Å²) >= 11 is 0. The van der Waals surface area contributed by atoms with Crippen molar-refractivity contribution in [3.8, 4) is 33.8 Å². The molecule has 0 bridgehead atoms. The molecule has 0 atom stereocenters. The Labute approximate surface area is 209 Å². The Kier molecular flexibility index (Phi) is 4.85. The lowest BCUT2D eigenvalue weighted by atomic mass is 9.85. The highest BCUT2D eigenvalue weighted by molar-refractivity contribution is 5.98. The number of aromatic nitrogens is 6. The number of nitrogens with one attached hydrogen (secondary N) is 3. The third-order valence-corrected chi connectivity index (χ3v) is 6.89. The smallest absolute Gasteiger partial charge is 0.227 e. The number of anilines is 1. The van der Waals surface area contributed by atoms with Crippen molar-refractivity contribution < 1.29 is 13.6 Å². The van der Waals surface area contributed by atoms with Crippen LogP contribution in [0.25, 0.3) is 55.8 Å². The second-order valence-corrected chi connectivity index (χ2v) is 9.19. The molecule has 0 radical (unpaired) electrons. The zero-order chi connectivity index (χ0) is 24.9. The molecule has 3 N–H and O–H groups in total. The first-order chi connectivity index (χ1) is 18.1. The van der Waals surface area contributed by atoms with Gasteiger partial charge in [-0.05, 0) is 48.7 Å². The maximum atomic E-state index is 15.2. The number of rotatable bonds is 5. The van der Waals surface area contributed by atoms with Gasteiger partial charge in [0.25, 0.3) is 0 Å². The summed E-state index contributed by atoms with van der Waals surface area (Å²) < 4.78 is 20.4. The zero-order valence-corrected chi connectivity index (χ0v) is 19.5. The van der Waals surface area contributed by atoms with E-state index in [0.717, 1.165) is 35.9 Å². The van der Waals surface area contributed by atoms with Crippen LogP contribution in [-0.2, 0) is 4.79 Å². The average Bonchev–Trinajstić information content (AvgIpc) is 3.61. The molecule has 5 heterocycles. The summed E-state index contributed by atoms with van der Waals surface area (Å²) in [6.45, 7) is 0. The fraction of sp³-hybridized carbons (Fsp3) is 0.148. The largest absolute Gasteiger partial charge is 0.472 e. The monoisotopic (exact) mass is 493 g/mol. The minimum absolute atomic E-state index is 0.00256. The van der Waals surface area contributed by atoms with Crippen molar-refractivity contribution in [2.24, 2.45) is 5.92 Å². The Bertz CT molecular complexity index is 1780. The van der Waals surface area contributed by atoms with Gasteiger partial charge < -0.3 is 14.7 Å². The molecular weight excluding hydrogens is 473 g/mol. The molecule has 1 fully saturated rings. The molecule has 0 unspecified atom stereocenters. The molecule has 1 saturated carbocycles. The van der Waals surface area contributed by atoms with Crippen LogP contribution in [-0.4, -0.2) is 36.0 Å². The third-order valence-electron chi connectivity index (χ3n) is 6.89. The molecule has 0 saturated heterocycles. The lowest BCUT2D eigenvalue weighted by Gasteiger charge is -2.24. The zero-order valence-electron chi connectivity index (χ0n) is 19.5. The van der Waals surface area contributed by atoms with E-state index in [2.05, 4.69) is 35.5 Å². The van der Waals surface area contributed by atoms with E-state index in [1.165, 1.54) is 6.07 Å². The molecule has 5 aromatic heterocycles. The summed E-state index contributed by atoms with van der Waals surface area (Å²) in [5.41, 5.74) is 5.63. The molecular formula is C27H20FN7O2. The van der Waals surface area contributed by atoms with Crippen LogP contribution in [0.15, 0.2) is 65.9 Å². The first-order valence-electron chi connectivity index (χ1n) is 12.0. The van der Waals surface area contributed by atoms with Gasteiger partial charge in [0, 0.05) is 40.4 Å². The van der Waals surface area contributed by atoms with Gasteiger partial charge in [-0.3, -0.25) is 14.9 Å². The molecule has 0 aliphatic heterocycles. The van der Waals surface area contributed by atoms with Gasteiger partial charge in [-0.2, -0.15) is 5.10 Å². The number of H-pyrrole nitrogens is 2. The Balaban J connectivity index is 1.29. The Morgan fingerprint density at radius 3 is 2.84 bits per heavy atom. The van der Waals surface area contributed by atoms with Gasteiger partial charge in [-0.15, -0.1) is 0 Å². The predicted octanol–water partition coefficient (Wildman–Crippen LogP) is 5.70. The highest BCUT2D eigenvalue weighted by atomic mass is 19.1. The van der Waals surface area contributed by atoms with Crippen LogP contribution in [0.3, 0.4) is 0 Å². The number of benzene rings is 1. The highest BCUT2D eigenvalue weighted by Crippen LogP contribution is 2.34. The van der Waals surface area contributed by atoms with Crippen LogP contribution in [0.5, 0.6) is 0 Å². The van der Waals surface area contributed by atoms with Crippen LogP contribution in [0.1, 0.15) is 19.3 Å². The third kappa shape index (κ3) is 3.65. The Morgan fingerprint density at radius 2 is 2.03 bits per heavy atom. The summed E-state index contributed by atoms with van der Waals surface area (Å²) in [4.78, 5) is 29.0. The van der Waals surface area contributed by atoms with Gasteiger partial charge >= 0.3 is 0 Å². The van der Waals surface area contributed by atoms with Gasteiger partial charge in [0.1, 0.15) is 11.2 Å². The first kappa shape index (κ1) is 21.4. The van der Waals surface area contributed by atoms with E-state index < -0.39 is 5.82 Å². The first-order valence-corrected chi connectivity index (χ1v) is 12.0. The number of hydrogen-bond acceptors (Lipinski definition) is 6. The second-order valence-electron chi connectivity index (χ2n) is 9.19. The molecule has 1 aliphatic rings. The second kappa shape index (κ2) is 8.37. The number of nitrogens with zero attached hydrogens (tertiary/aromatic N) is 4. The maximum Gasteiger partial charge on any atom is 0.227 e. The standard InChI is InChI=1S/C27H20FN7O2/c28-21-10-16(17-8-18(12-29-11-17)31-27(36)14-2-1-3-14)9-20-22(21)34-35-24(20)26-32-23-19(15-5-7-37-13-15)4-6-30-25(23)33-26/h4-14H,1-3H2,(H,31,36)(H,34,35)(H,30,32,33). The number of carbonyl (C=O) groups is 1. The molecule has 1 aromatic carbocycles. The average molecular weight is 494 g/mol. The quantitative estimate of drug-likeness (QED) is 0.283. The summed E-state index contributed by atoms with van der Waals surface area (Å²) in [5.74, 6) is 0.0554. The van der Waals surface area contributed by atoms with Crippen molar-refractivity contribution in [1.82, 2.24) is 30.1 Å². The van der Waals surface area contributed by atoms with Crippen LogP contribution in [0, 0.1) is 11.7 Å². The molecule has 182 valence electrons. The number of pyridine rings is 2. The minimum atomic E-state index is -0.479. The summed E-state index contributed by atoms with van der Waals surface area (Å²) in [6.07, 6.45) is 11.1. The minimum Gasteiger partial charge on any atom is -0.472 e. The number of furan rings is 1. The topological polar surface area (TPSA) is 125 Å². The Hall–Kier alpha value is -4.86. The van der Waals surface area contributed by atoms with Crippen LogP contribution in [0.4, 0.5) is 10.1 Å². The van der Waals surface area contributed by atoms with Crippen molar-refractivity contribution in [3.63, 3.8) is 0 Å². The molecule has 7 rings (SSSR count). The van der Waals surface area contributed by atoms with E-state index in [-0.39, 0.29) is 17.3 Å². The van der Waals surface area contributed by atoms with Crippen molar-refractivity contribution in [3.05, 3.63) is 67.3 Å². The molecule has 1 aliphatic carbocycles. The van der Waals surface area contributed by atoms with E-state index >= 15 is 4.39 Å². The number of fused-ring (bicyclic) bond motifs is 2. The van der Waals surface area contributed by atoms with E-state index in [9.17, 15) is 4.79 Å². The summed E-state index contributed by atoms with van der Waals surface area (Å²) in [7, 11) is 0. The molecule has 1 amide bonds. The highest BCUT2D eigenvalue weighted by Gasteiger charge is 2.25. The number of hydrogen-bond donors (Lipinski definition) is 3. The van der Waals surface area contributed by atoms with Gasteiger partial charge in [0.15, 0.2) is 17.3 Å². The number of halogens is 1. The number of amides is 1. The molecule has 9 nitrogen and oxygen atoms in total. The summed E-state index contributed by atoms with van der Waals surface area (Å²) in [6, 6.07) is 8.79. The van der Waals surface area contributed by atoms with Gasteiger partial charge in [0.2, 0.25) is 5.91 Å². The van der Waals surface area contributed by atoms with Gasteiger partial charge in [-0.1, -0.05) is 6.42 Å². The fourth-order valence-corrected chi connectivity index (χ4v) is 4.69. The molecule has 0 spiro atoms. The van der Waals surface area contributed by atoms with Crippen molar-refractivity contribution >= 4 is 33.7 Å². The molecule has 6 aromatic rings. The predicted molar refractivity (Wildman–Crippen MR) is 136 cm³/mol. The molecule has 37 heavy (non-hydrogen) atoms. The lowest BCUT2D eigenvalue weighted by molar-refractivity contribution is -0.122. The number of carbonyl (C=O) groups excluding carboxylic acids is 1. The maximum absolute atomic E-state index is 15.2. The van der Waals surface area contributed by atoms with Crippen LogP contribution in [0.2, 0.25) is 0 Å². The van der Waals surface area contributed by atoms with Crippen molar-refractivity contribution in [2.45, 2.75) is 19.3 Å². The fourth-order valence-electron chi connectivity index (χ4n) is 4.69. The SMILES string of the molecule is O=C(Nc1cncc(-c2cc(F)c3n[nH]c(-c4nc5nccc(-c6ccoc6)c5[nH]4)c3c2)c1)C1CCC1. The van der Waals surface area contributed by atoms with E-state index in [1.807, 2.05) is 18.2 Å². The molecule has 10 heteroatoms. The van der Waals surface area contributed by atoms with E-state index in [4.69, 9.17) is 4.42 Å². The van der Waals surface area contributed by atoms with Gasteiger partial charge in [0.05, 0.1) is 29.9 Å². The summed E-state index contributed by atoms with van der Waals surface area (Å²) in [5, 5.41) is 10.6.